The number of ketones is 1. The average Bonchev–Trinajstić information content (AvgIpc) is 3.10. The fourth-order valence-corrected chi connectivity index (χ4v) is 2.70. The monoisotopic (exact) mass is 348 g/mol. The molecule has 0 aliphatic rings. The van der Waals surface area contributed by atoms with Gasteiger partial charge in [0.1, 0.15) is 17.5 Å². The topological polar surface area (TPSA) is 69.8 Å². The Bertz CT molecular complexity index is 1150. The van der Waals surface area contributed by atoms with Gasteiger partial charge in [-0.2, -0.15) is 5.10 Å². The first-order chi connectivity index (χ1) is 12.6. The molecule has 0 atom stereocenters. The fourth-order valence-electron chi connectivity index (χ4n) is 2.70. The van der Waals surface area contributed by atoms with Gasteiger partial charge in [0.15, 0.2) is 11.4 Å². The van der Waals surface area contributed by atoms with Crippen LogP contribution in [0.2, 0.25) is 0 Å². The van der Waals surface area contributed by atoms with Crippen molar-refractivity contribution in [2.75, 3.05) is 0 Å². The van der Waals surface area contributed by atoms with Crippen LogP contribution in [-0.2, 0) is 6.54 Å². The highest BCUT2D eigenvalue weighted by molar-refractivity contribution is 5.95. The van der Waals surface area contributed by atoms with E-state index in [4.69, 9.17) is 0 Å². The molecule has 7 heteroatoms. The third-order valence-electron chi connectivity index (χ3n) is 4.04. The molecular weight excluding hydrogens is 335 g/mol. The zero-order valence-electron chi connectivity index (χ0n) is 13.5. The first-order valence-electron chi connectivity index (χ1n) is 7.91. The van der Waals surface area contributed by atoms with Crippen molar-refractivity contribution in [1.29, 1.82) is 0 Å². The van der Waals surface area contributed by atoms with E-state index in [1.165, 1.54) is 33.9 Å². The summed E-state index contributed by atoms with van der Waals surface area (Å²) >= 11 is 0. The molecule has 0 fully saturated rings. The highest BCUT2D eigenvalue weighted by Gasteiger charge is 2.14. The second-order valence-corrected chi connectivity index (χ2v) is 5.74. The maximum absolute atomic E-state index is 13.1. The summed E-state index contributed by atoms with van der Waals surface area (Å²) in [6.45, 7) is -0.104. The second kappa shape index (κ2) is 6.36. The maximum Gasteiger partial charge on any atom is 0.264 e. The average molecular weight is 348 g/mol. The summed E-state index contributed by atoms with van der Waals surface area (Å²) < 4.78 is 15.8. The van der Waals surface area contributed by atoms with E-state index in [1.807, 2.05) is 6.07 Å². The van der Waals surface area contributed by atoms with Crippen LogP contribution in [0.3, 0.4) is 0 Å². The summed E-state index contributed by atoms with van der Waals surface area (Å²) in [5.41, 5.74) is 1.12. The number of rotatable bonds is 4. The fraction of sp³-hybridized carbons (Fsp3) is 0.0526. The summed E-state index contributed by atoms with van der Waals surface area (Å²) in [5.74, 6) is -0.542. The minimum Gasteiger partial charge on any atom is -0.292 e. The first-order valence-corrected chi connectivity index (χ1v) is 7.91. The second-order valence-electron chi connectivity index (χ2n) is 5.74. The molecule has 2 aromatic carbocycles. The van der Waals surface area contributed by atoms with Gasteiger partial charge in [-0.1, -0.05) is 30.3 Å². The standard InChI is InChI=1S/C19H13FN4O2/c20-14-6-8-15(9-7-14)24-18-16(10-22-24)19(26)23(12-21-18)11-17(25)13-4-2-1-3-5-13/h1-10,12H,11H2. The molecule has 2 aromatic heterocycles. The van der Waals surface area contributed by atoms with Gasteiger partial charge in [0.2, 0.25) is 0 Å². The predicted octanol–water partition coefficient (Wildman–Crippen LogP) is 2.60. The van der Waals surface area contributed by atoms with Crippen LogP contribution in [0.1, 0.15) is 10.4 Å². The molecular formula is C19H13FN4O2. The number of aromatic nitrogens is 4. The smallest absolute Gasteiger partial charge is 0.264 e. The quantitative estimate of drug-likeness (QED) is 0.532. The summed E-state index contributed by atoms with van der Waals surface area (Å²) in [5, 5.41) is 4.46. The number of hydrogen-bond donors (Lipinski definition) is 0. The van der Waals surface area contributed by atoms with E-state index in [0.717, 1.165) is 0 Å². The highest BCUT2D eigenvalue weighted by Crippen LogP contribution is 2.14. The van der Waals surface area contributed by atoms with Crippen molar-refractivity contribution < 1.29 is 9.18 Å². The predicted molar refractivity (Wildman–Crippen MR) is 93.9 cm³/mol. The first kappa shape index (κ1) is 15.9. The van der Waals surface area contributed by atoms with Gasteiger partial charge in [0, 0.05) is 5.56 Å². The van der Waals surface area contributed by atoms with Crippen LogP contribution in [0.4, 0.5) is 4.39 Å². The Balaban J connectivity index is 1.71. The number of nitrogens with zero attached hydrogens (tertiary/aromatic N) is 4. The van der Waals surface area contributed by atoms with E-state index in [-0.39, 0.29) is 29.1 Å². The molecule has 0 spiro atoms. The Kier molecular flexibility index (Phi) is 3.89. The number of carbonyl (C=O) groups excluding carboxylic acids is 1. The minimum atomic E-state index is -0.361. The van der Waals surface area contributed by atoms with Gasteiger partial charge in [0.05, 0.1) is 18.4 Å². The van der Waals surface area contributed by atoms with Crippen LogP contribution in [0.25, 0.3) is 16.7 Å². The Morgan fingerprint density at radius 3 is 2.50 bits per heavy atom. The van der Waals surface area contributed by atoms with E-state index in [0.29, 0.717) is 16.9 Å². The van der Waals surface area contributed by atoms with Crippen molar-refractivity contribution in [2.24, 2.45) is 0 Å². The number of carbonyl (C=O) groups is 1. The van der Waals surface area contributed by atoms with Crippen molar-refractivity contribution >= 4 is 16.8 Å². The molecule has 0 radical (unpaired) electrons. The molecule has 128 valence electrons. The molecule has 6 nitrogen and oxygen atoms in total. The number of Topliss-reactive ketones (excluding diaryl/α,β-unsaturated/α-hetero) is 1. The van der Waals surface area contributed by atoms with Crippen LogP contribution in [0.5, 0.6) is 0 Å². The Labute approximate surface area is 147 Å². The van der Waals surface area contributed by atoms with E-state index < -0.39 is 0 Å². The maximum atomic E-state index is 13.1. The minimum absolute atomic E-state index is 0.104. The SMILES string of the molecule is O=C(Cn1cnc2c(cnn2-c2ccc(F)cc2)c1=O)c1ccccc1. The van der Waals surface area contributed by atoms with Crippen LogP contribution in [-0.4, -0.2) is 25.1 Å². The van der Waals surface area contributed by atoms with Crippen molar-refractivity contribution in [3.05, 3.63) is 88.9 Å². The molecule has 4 aromatic rings. The van der Waals surface area contributed by atoms with Crippen LogP contribution >= 0.6 is 0 Å². The molecule has 0 aliphatic carbocycles. The molecule has 4 rings (SSSR count). The van der Waals surface area contributed by atoms with Crippen molar-refractivity contribution in [3.8, 4) is 5.69 Å². The Hall–Kier alpha value is -3.61. The number of benzene rings is 2. The van der Waals surface area contributed by atoms with E-state index in [2.05, 4.69) is 10.1 Å². The third kappa shape index (κ3) is 2.79. The molecule has 26 heavy (non-hydrogen) atoms. The van der Waals surface area contributed by atoms with Gasteiger partial charge < -0.3 is 0 Å². The Morgan fingerprint density at radius 2 is 1.77 bits per heavy atom. The number of fused-ring (bicyclic) bond motifs is 1. The molecule has 0 bridgehead atoms. The van der Waals surface area contributed by atoms with Crippen molar-refractivity contribution in [3.63, 3.8) is 0 Å². The zero-order chi connectivity index (χ0) is 18.1. The van der Waals surface area contributed by atoms with Gasteiger partial charge in [0.25, 0.3) is 5.56 Å². The highest BCUT2D eigenvalue weighted by atomic mass is 19.1. The van der Waals surface area contributed by atoms with E-state index in [9.17, 15) is 14.0 Å². The lowest BCUT2D eigenvalue weighted by Gasteiger charge is -2.06. The zero-order valence-corrected chi connectivity index (χ0v) is 13.5. The summed E-state index contributed by atoms with van der Waals surface area (Å²) in [4.78, 5) is 29.2. The lowest BCUT2D eigenvalue weighted by atomic mass is 10.1. The van der Waals surface area contributed by atoms with Gasteiger partial charge >= 0.3 is 0 Å². The normalized spacial score (nSPS) is 11.0. The molecule has 0 amide bonds. The van der Waals surface area contributed by atoms with Gasteiger partial charge in [-0.05, 0) is 24.3 Å². The molecule has 0 aliphatic heterocycles. The molecule has 0 saturated heterocycles. The number of hydrogen-bond acceptors (Lipinski definition) is 4. The molecule has 2 heterocycles. The molecule has 0 N–H and O–H groups in total. The van der Waals surface area contributed by atoms with Crippen molar-refractivity contribution in [2.45, 2.75) is 6.54 Å². The summed E-state index contributed by atoms with van der Waals surface area (Å²) in [7, 11) is 0. The van der Waals surface area contributed by atoms with Crippen LogP contribution in [0, 0.1) is 5.82 Å². The largest absolute Gasteiger partial charge is 0.292 e. The van der Waals surface area contributed by atoms with E-state index >= 15 is 0 Å². The van der Waals surface area contributed by atoms with Gasteiger partial charge in [-0.3, -0.25) is 14.2 Å². The van der Waals surface area contributed by atoms with Crippen LogP contribution < -0.4 is 5.56 Å². The third-order valence-corrected chi connectivity index (χ3v) is 4.04. The van der Waals surface area contributed by atoms with Gasteiger partial charge in [-0.15, -0.1) is 0 Å². The van der Waals surface area contributed by atoms with Crippen LogP contribution in [0.15, 0.2) is 71.9 Å². The van der Waals surface area contributed by atoms with Gasteiger partial charge in [-0.25, -0.2) is 14.1 Å². The Morgan fingerprint density at radius 1 is 1.04 bits per heavy atom. The molecule has 0 unspecified atom stereocenters. The lowest BCUT2D eigenvalue weighted by molar-refractivity contribution is 0.0970. The summed E-state index contributed by atoms with van der Waals surface area (Å²) in [6, 6.07) is 14.5. The number of halogens is 1. The lowest BCUT2D eigenvalue weighted by Crippen LogP contribution is -2.24. The molecule has 0 saturated carbocycles. The van der Waals surface area contributed by atoms with Crippen molar-refractivity contribution in [1.82, 2.24) is 19.3 Å². The summed E-state index contributed by atoms with van der Waals surface area (Å²) in [6.07, 6.45) is 2.73. The van der Waals surface area contributed by atoms with E-state index in [1.54, 1.807) is 36.4 Å².